The van der Waals surface area contributed by atoms with Crippen LogP contribution in [0.2, 0.25) is 0 Å². The van der Waals surface area contributed by atoms with E-state index in [4.69, 9.17) is 4.42 Å². The van der Waals surface area contributed by atoms with E-state index in [1.165, 1.54) is 5.56 Å². The molecule has 0 saturated heterocycles. The number of nitrogens with one attached hydrogen (secondary N) is 1. The van der Waals surface area contributed by atoms with Gasteiger partial charge in [0, 0.05) is 24.3 Å². The predicted molar refractivity (Wildman–Crippen MR) is 94.9 cm³/mol. The van der Waals surface area contributed by atoms with Crippen LogP contribution in [0.25, 0.3) is 0 Å². The van der Waals surface area contributed by atoms with E-state index in [9.17, 15) is 10.1 Å². The van der Waals surface area contributed by atoms with Crippen molar-refractivity contribution in [1.29, 1.82) is 0 Å². The number of hydrogen-bond acceptors (Lipinski definition) is 6. The van der Waals surface area contributed by atoms with Gasteiger partial charge in [-0.2, -0.15) is 11.8 Å². The van der Waals surface area contributed by atoms with Gasteiger partial charge in [0.1, 0.15) is 11.5 Å². The highest BCUT2D eigenvalue weighted by molar-refractivity contribution is 7.98. The van der Waals surface area contributed by atoms with Gasteiger partial charge in [-0.3, -0.25) is 15.1 Å². The van der Waals surface area contributed by atoms with Gasteiger partial charge >= 0.3 is 0 Å². The predicted octanol–water partition coefficient (Wildman–Crippen LogP) is 2.03. The van der Waals surface area contributed by atoms with E-state index in [-0.39, 0.29) is 11.5 Å². The lowest BCUT2D eigenvalue weighted by Crippen LogP contribution is -2.31. The second kappa shape index (κ2) is 10.3. The fraction of sp³-hybridized carbons (Fsp3) is 0.667. The summed E-state index contributed by atoms with van der Waals surface area (Å²) < 4.78 is 5.92. The van der Waals surface area contributed by atoms with Crippen molar-refractivity contribution < 1.29 is 9.34 Å². The number of furan rings is 1. The highest BCUT2D eigenvalue weighted by Gasteiger charge is 2.11. The topological polar surface area (TPSA) is 83.9 Å². The van der Waals surface area contributed by atoms with Crippen LogP contribution in [0.5, 0.6) is 0 Å². The first-order chi connectivity index (χ1) is 11.0. The monoisotopic (exact) mass is 342 g/mol. The number of rotatable bonds is 10. The molecule has 1 aromatic heterocycles. The lowest BCUT2D eigenvalue weighted by atomic mass is 10.2. The molecule has 0 amide bonds. The third-order valence-corrected chi connectivity index (χ3v) is 4.14. The Morgan fingerprint density at radius 3 is 2.83 bits per heavy atom. The summed E-state index contributed by atoms with van der Waals surface area (Å²) in [7, 11) is 5.61. The van der Waals surface area contributed by atoms with Crippen LogP contribution >= 0.6 is 11.8 Å². The Morgan fingerprint density at radius 2 is 2.26 bits per heavy atom. The van der Waals surface area contributed by atoms with Crippen LogP contribution in [-0.2, 0) is 18.7 Å². The number of aryl methyl sites for hydroxylation is 1. The van der Waals surface area contributed by atoms with Crippen LogP contribution < -0.4 is 5.32 Å². The standard InChI is InChI=1S/C15H26N4O3S/c1-5-12-8-13(22-14(12)9-18(3)4)11-23-7-6-17-15(16-2)10-19(20)21/h8H,5-7,9-11H2,1-4H3,(H,16,17). The first-order valence-electron chi connectivity index (χ1n) is 7.60. The van der Waals surface area contributed by atoms with E-state index >= 15 is 0 Å². The fourth-order valence-corrected chi connectivity index (χ4v) is 2.82. The van der Waals surface area contributed by atoms with Crippen molar-refractivity contribution in [2.24, 2.45) is 4.99 Å². The highest BCUT2D eigenvalue weighted by Crippen LogP contribution is 2.21. The summed E-state index contributed by atoms with van der Waals surface area (Å²) in [5.74, 6) is 4.07. The van der Waals surface area contributed by atoms with Crippen LogP contribution in [-0.4, -0.2) is 55.6 Å². The zero-order valence-corrected chi connectivity index (χ0v) is 15.1. The molecular weight excluding hydrogens is 316 g/mol. The molecule has 1 aromatic rings. The van der Waals surface area contributed by atoms with E-state index in [1.54, 1.807) is 18.8 Å². The van der Waals surface area contributed by atoms with Crippen molar-refractivity contribution in [2.75, 3.05) is 40.0 Å². The molecule has 1 heterocycles. The average molecular weight is 342 g/mol. The number of nitrogens with zero attached hydrogens (tertiary/aromatic N) is 3. The third-order valence-electron chi connectivity index (χ3n) is 3.16. The van der Waals surface area contributed by atoms with Crippen molar-refractivity contribution in [1.82, 2.24) is 10.2 Å². The normalized spacial score (nSPS) is 12.0. The van der Waals surface area contributed by atoms with E-state index < -0.39 is 0 Å². The molecule has 0 aliphatic carbocycles. The summed E-state index contributed by atoms with van der Waals surface area (Å²) in [6.45, 7) is 3.34. The van der Waals surface area contributed by atoms with Crippen molar-refractivity contribution >= 4 is 17.6 Å². The summed E-state index contributed by atoms with van der Waals surface area (Å²) in [6, 6.07) is 2.13. The maximum atomic E-state index is 10.4. The molecular formula is C15H26N4O3S. The maximum Gasteiger partial charge on any atom is 0.259 e. The molecule has 0 unspecified atom stereocenters. The first-order valence-corrected chi connectivity index (χ1v) is 8.76. The molecule has 23 heavy (non-hydrogen) atoms. The van der Waals surface area contributed by atoms with Gasteiger partial charge in [0.25, 0.3) is 6.54 Å². The molecule has 8 heteroatoms. The van der Waals surface area contributed by atoms with Crippen molar-refractivity contribution in [3.8, 4) is 0 Å². The molecule has 0 atom stereocenters. The van der Waals surface area contributed by atoms with Crippen LogP contribution in [0.4, 0.5) is 0 Å². The lowest BCUT2D eigenvalue weighted by Gasteiger charge is -2.08. The van der Waals surface area contributed by atoms with Crippen LogP contribution in [0.15, 0.2) is 15.5 Å². The molecule has 0 aromatic carbocycles. The van der Waals surface area contributed by atoms with Crippen molar-refractivity contribution in [3.05, 3.63) is 33.3 Å². The minimum Gasteiger partial charge on any atom is -0.464 e. The molecule has 7 nitrogen and oxygen atoms in total. The van der Waals surface area contributed by atoms with Gasteiger partial charge in [-0.25, -0.2) is 0 Å². The molecule has 1 N–H and O–H groups in total. The minimum absolute atomic E-state index is 0.257. The van der Waals surface area contributed by atoms with Gasteiger partial charge in [-0.05, 0) is 32.1 Å². The van der Waals surface area contributed by atoms with Gasteiger partial charge in [0.2, 0.25) is 0 Å². The molecule has 0 saturated carbocycles. The maximum absolute atomic E-state index is 10.4. The van der Waals surface area contributed by atoms with Gasteiger partial charge < -0.3 is 14.6 Å². The molecule has 130 valence electrons. The minimum atomic E-state index is -0.385. The van der Waals surface area contributed by atoms with E-state index in [1.807, 2.05) is 14.1 Å². The quantitative estimate of drug-likeness (QED) is 0.230. The number of nitro groups is 1. The summed E-state index contributed by atoms with van der Waals surface area (Å²) >= 11 is 1.73. The third kappa shape index (κ3) is 7.51. The van der Waals surface area contributed by atoms with E-state index in [0.29, 0.717) is 12.4 Å². The van der Waals surface area contributed by atoms with Crippen LogP contribution in [0.3, 0.4) is 0 Å². The Hall–Kier alpha value is -1.54. The zero-order chi connectivity index (χ0) is 17.2. The fourth-order valence-electron chi connectivity index (χ4n) is 2.09. The van der Waals surface area contributed by atoms with Crippen LogP contribution in [0, 0.1) is 10.1 Å². The lowest BCUT2D eigenvalue weighted by molar-refractivity contribution is -0.463. The average Bonchev–Trinajstić information content (AvgIpc) is 2.86. The molecule has 0 fully saturated rings. The highest BCUT2D eigenvalue weighted by atomic mass is 32.2. The second-order valence-corrected chi connectivity index (χ2v) is 6.50. The summed E-state index contributed by atoms with van der Waals surface area (Å²) in [5.41, 5.74) is 1.26. The van der Waals surface area contributed by atoms with Crippen molar-refractivity contribution in [3.63, 3.8) is 0 Å². The Balaban J connectivity index is 2.36. The molecule has 1 rings (SSSR count). The number of thioether (sulfide) groups is 1. The van der Waals surface area contributed by atoms with Gasteiger partial charge in [0.15, 0.2) is 5.84 Å². The second-order valence-electron chi connectivity index (χ2n) is 5.39. The van der Waals surface area contributed by atoms with E-state index in [0.717, 1.165) is 36.0 Å². The van der Waals surface area contributed by atoms with Gasteiger partial charge in [-0.15, -0.1) is 0 Å². The Bertz CT molecular complexity index is 529. The SMILES string of the molecule is CCc1cc(CSCCNC(C[N+](=O)[O-])=NC)oc1CN(C)C. The summed E-state index contributed by atoms with van der Waals surface area (Å²) in [4.78, 5) is 16.0. The Labute approximate surface area is 141 Å². The molecule has 0 aliphatic heterocycles. The van der Waals surface area contributed by atoms with Gasteiger partial charge in [0.05, 0.1) is 12.3 Å². The molecule has 0 radical (unpaired) electrons. The summed E-state index contributed by atoms with van der Waals surface area (Å²) in [6.07, 6.45) is 0.968. The Kier molecular flexibility index (Phi) is 8.71. The number of amidine groups is 1. The van der Waals surface area contributed by atoms with Gasteiger partial charge in [-0.1, -0.05) is 6.92 Å². The molecule has 0 bridgehead atoms. The zero-order valence-electron chi connectivity index (χ0n) is 14.3. The largest absolute Gasteiger partial charge is 0.464 e. The Morgan fingerprint density at radius 1 is 1.52 bits per heavy atom. The van der Waals surface area contributed by atoms with Crippen molar-refractivity contribution in [2.45, 2.75) is 25.6 Å². The van der Waals surface area contributed by atoms with E-state index in [2.05, 4.69) is 28.2 Å². The number of aliphatic imine (C=N–C) groups is 1. The van der Waals surface area contributed by atoms with Crippen LogP contribution in [0.1, 0.15) is 24.0 Å². The molecule has 0 aliphatic rings. The summed E-state index contributed by atoms with van der Waals surface area (Å²) in [5, 5.41) is 13.4. The number of hydrogen-bond donors (Lipinski definition) is 1. The first kappa shape index (κ1) is 19.5. The smallest absolute Gasteiger partial charge is 0.259 e. The molecule has 0 spiro atoms.